The molecule has 1 aromatic rings. The van der Waals surface area contributed by atoms with Crippen molar-refractivity contribution in [2.75, 3.05) is 13.7 Å². The van der Waals surface area contributed by atoms with Crippen LogP contribution in [0.3, 0.4) is 0 Å². The van der Waals surface area contributed by atoms with E-state index < -0.39 is 0 Å². The third-order valence-electron chi connectivity index (χ3n) is 4.77. The SMILES string of the molecule is COc1ccc2c(c1)CCC(N1CCCC1C)C2O. The van der Waals surface area contributed by atoms with Gasteiger partial charge >= 0.3 is 0 Å². The summed E-state index contributed by atoms with van der Waals surface area (Å²) < 4.78 is 5.27. The first-order valence-electron chi connectivity index (χ1n) is 7.31. The highest BCUT2D eigenvalue weighted by molar-refractivity contribution is 5.39. The lowest BCUT2D eigenvalue weighted by molar-refractivity contribution is 0.0323. The molecule has 3 heteroatoms. The Balaban J connectivity index is 1.85. The first-order chi connectivity index (χ1) is 9.20. The van der Waals surface area contributed by atoms with Crippen LogP contribution in [0.1, 0.15) is 43.4 Å². The molecule has 0 aromatic heterocycles. The number of fused-ring (bicyclic) bond motifs is 1. The van der Waals surface area contributed by atoms with Crippen LogP contribution in [-0.2, 0) is 6.42 Å². The molecule has 0 amide bonds. The van der Waals surface area contributed by atoms with Gasteiger partial charge in [0.1, 0.15) is 5.75 Å². The number of benzene rings is 1. The molecule has 1 aliphatic carbocycles. The minimum Gasteiger partial charge on any atom is -0.497 e. The smallest absolute Gasteiger partial charge is 0.119 e. The fourth-order valence-corrected chi connectivity index (χ4v) is 3.68. The van der Waals surface area contributed by atoms with E-state index in [2.05, 4.69) is 17.9 Å². The van der Waals surface area contributed by atoms with Crippen LogP contribution >= 0.6 is 0 Å². The molecule has 0 bridgehead atoms. The highest BCUT2D eigenvalue weighted by Crippen LogP contribution is 2.37. The molecule has 0 spiro atoms. The highest BCUT2D eigenvalue weighted by atomic mass is 16.5. The number of hydrogen-bond donors (Lipinski definition) is 1. The van der Waals surface area contributed by atoms with Gasteiger partial charge < -0.3 is 9.84 Å². The summed E-state index contributed by atoms with van der Waals surface area (Å²) in [6.07, 6.45) is 4.26. The summed E-state index contributed by atoms with van der Waals surface area (Å²) in [6, 6.07) is 6.96. The first kappa shape index (κ1) is 12.9. The molecular formula is C16H23NO2. The van der Waals surface area contributed by atoms with Crippen molar-refractivity contribution in [2.24, 2.45) is 0 Å². The Morgan fingerprint density at radius 3 is 2.84 bits per heavy atom. The lowest BCUT2D eigenvalue weighted by Crippen LogP contribution is -2.43. The van der Waals surface area contributed by atoms with Crippen LogP contribution in [0, 0.1) is 0 Å². The van der Waals surface area contributed by atoms with Crippen molar-refractivity contribution in [3.8, 4) is 5.75 Å². The summed E-state index contributed by atoms with van der Waals surface area (Å²) in [4.78, 5) is 2.50. The second-order valence-corrected chi connectivity index (χ2v) is 5.84. The quantitative estimate of drug-likeness (QED) is 0.888. The van der Waals surface area contributed by atoms with E-state index >= 15 is 0 Å². The number of aryl methyl sites for hydroxylation is 1. The zero-order chi connectivity index (χ0) is 13.4. The van der Waals surface area contributed by atoms with Crippen molar-refractivity contribution < 1.29 is 9.84 Å². The van der Waals surface area contributed by atoms with Gasteiger partial charge in [-0.25, -0.2) is 0 Å². The largest absolute Gasteiger partial charge is 0.497 e. The molecule has 19 heavy (non-hydrogen) atoms. The molecule has 1 saturated heterocycles. The van der Waals surface area contributed by atoms with E-state index in [-0.39, 0.29) is 6.10 Å². The number of methoxy groups -OCH3 is 1. The van der Waals surface area contributed by atoms with E-state index in [1.165, 1.54) is 18.4 Å². The molecule has 3 unspecified atom stereocenters. The first-order valence-corrected chi connectivity index (χ1v) is 7.31. The van der Waals surface area contributed by atoms with Crippen LogP contribution in [0.15, 0.2) is 18.2 Å². The lowest BCUT2D eigenvalue weighted by Gasteiger charge is -2.38. The molecule has 1 fully saturated rings. The zero-order valence-electron chi connectivity index (χ0n) is 11.8. The van der Waals surface area contributed by atoms with Gasteiger partial charge in [-0.3, -0.25) is 4.90 Å². The van der Waals surface area contributed by atoms with Crippen LogP contribution < -0.4 is 4.74 Å². The lowest BCUT2D eigenvalue weighted by atomic mass is 9.84. The van der Waals surface area contributed by atoms with Gasteiger partial charge in [0.2, 0.25) is 0 Å². The maximum atomic E-state index is 10.7. The van der Waals surface area contributed by atoms with E-state index in [4.69, 9.17) is 4.74 Å². The number of ether oxygens (including phenoxy) is 1. The van der Waals surface area contributed by atoms with E-state index in [9.17, 15) is 5.11 Å². The van der Waals surface area contributed by atoms with Crippen molar-refractivity contribution in [3.63, 3.8) is 0 Å². The number of aliphatic hydroxyl groups excluding tert-OH is 1. The average molecular weight is 261 g/mol. The van der Waals surface area contributed by atoms with Gasteiger partial charge in [-0.15, -0.1) is 0 Å². The van der Waals surface area contributed by atoms with Crippen LogP contribution in [0.2, 0.25) is 0 Å². The molecule has 1 N–H and O–H groups in total. The predicted molar refractivity (Wildman–Crippen MR) is 75.5 cm³/mol. The number of nitrogens with zero attached hydrogens (tertiary/aromatic N) is 1. The Morgan fingerprint density at radius 1 is 1.32 bits per heavy atom. The van der Waals surface area contributed by atoms with Crippen molar-refractivity contribution in [1.29, 1.82) is 0 Å². The van der Waals surface area contributed by atoms with Gasteiger partial charge in [0.25, 0.3) is 0 Å². The summed E-state index contributed by atoms with van der Waals surface area (Å²) in [5.74, 6) is 0.888. The molecule has 1 heterocycles. The van der Waals surface area contributed by atoms with Crippen molar-refractivity contribution in [2.45, 2.75) is 50.8 Å². The Morgan fingerprint density at radius 2 is 2.16 bits per heavy atom. The fraction of sp³-hybridized carbons (Fsp3) is 0.625. The number of aliphatic hydroxyl groups is 1. The number of rotatable bonds is 2. The third kappa shape index (κ3) is 2.26. The molecule has 1 aliphatic heterocycles. The zero-order valence-corrected chi connectivity index (χ0v) is 11.8. The molecule has 3 rings (SSSR count). The Hall–Kier alpha value is -1.06. The fourth-order valence-electron chi connectivity index (χ4n) is 3.68. The highest BCUT2D eigenvalue weighted by Gasteiger charge is 2.36. The van der Waals surface area contributed by atoms with Crippen LogP contribution in [0.25, 0.3) is 0 Å². The number of hydrogen-bond acceptors (Lipinski definition) is 3. The topological polar surface area (TPSA) is 32.7 Å². The minimum atomic E-state index is -0.352. The summed E-state index contributed by atoms with van der Waals surface area (Å²) >= 11 is 0. The Bertz CT molecular complexity index is 460. The molecule has 0 saturated carbocycles. The normalized spacial score (nSPS) is 31.2. The molecule has 104 valence electrons. The predicted octanol–water partition coefficient (Wildman–Crippen LogP) is 2.53. The summed E-state index contributed by atoms with van der Waals surface area (Å²) in [7, 11) is 1.69. The Kier molecular flexibility index (Phi) is 3.50. The van der Waals surface area contributed by atoms with Crippen molar-refractivity contribution in [3.05, 3.63) is 29.3 Å². The van der Waals surface area contributed by atoms with Gasteiger partial charge in [-0.05, 0) is 62.4 Å². The summed E-state index contributed by atoms with van der Waals surface area (Å²) in [5, 5.41) is 10.7. The van der Waals surface area contributed by atoms with Crippen molar-refractivity contribution >= 4 is 0 Å². The van der Waals surface area contributed by atoms with E-state index in [0.717, 1.165) is 30.7 Å². The summed E-state index contributed by atoms with van der Waals surface area (Å²) in [5.41, 5.74) is 2.34. The van der Waals surface area contributed by atoms with Crippen LogP contribution in [-0.4, -0.2) is 35.7 Å². The molecule has 2 aliphatic rings. The van der Waals surface area contributed by atoms with Gasteiger partial charge in [-0.1, -0.05) is 6.07 Å². The molecule has 3 nitrogen and oxygen atoms in total. The van der Waals surface area contributed by atoms with Crippen molar-refractivity contribution in [1.82, 2.24) is 4.90 Å². The molecule has 0 radical (unpaired) electrons. The van der Waals surface area contributed by atoms with Crippen LogP contribution in [0.5, 0.6) is 5.75 Å². The molecule has 3 atom stereocenters. The second-order valence-electron chi connectivity index (χ2n) is 5.84. The maximum Gasteiger partial charge on any atom is 0.119 e. The minimum absolute atomic E-state index is 0.290. The Labute approximate surface area is 115 Å². The van der Waals surface area contributed by atoms with Gasteiger partial charge in [0.05, 0.1) is 13.2 Å². The molecule has 1 aromatic carbocycles. The van der Waals surface area contributed by atoms with Crippen LogP contribution in [0.4, 0.5) is 0 Å². The van der Waals surface area contributed by atoms with E-state index in [0.29, 0.717) is 12.1 Å². The van der Waals surface area contributed by atoms with E-state index in [1.54, 1.807) is 7.11 Å². The van der Waals surface area contributed by atoms with Gasteiger partial charge in [0, 0.05) is 12.1 Å². The van der Waals surface area contributed by atoms with Gasteiger partial charge in [0.15, 0.2) is 0 Å². The van der Waals surface area contributed by atoms with Gasteiger partial charge in [-0.2, -0.15) is 0 Å². The molecular weight excluding hydrogens is 238 g/mol. The second kappa shape index (κ2) is 5.14. The maximum absolute atomic E-state index is 10.7. The standard InChI is InChI=1S/C16H23NO2/c1-11-4-3-9-17(11)15-8-5-12-10-13(19-2)6-7-14(12)16(15)18/h6-7,10-11,15-16,18H,3-5,8-9H2,1-2H3. The summed E-state index contributed by atoms with van der Waals surface area (Å²) in [6.45, 7) is 3.41. The monoisotopic (exact) mass is 261 g/mol. The van der Waals surface area contributed by atoms with E-state index in [1.807, 2.05) is 12.1 Å². The third-order valence-corrected chi connectivity index (χ3v) is 4.77. The average Bonchev–Trinajstić information content (AvgIpc) is 2.85. The number of likely N-dealkylation sites (tertiary alicyclic amines) is 1.